The average Bonchev–Trinajstić information content (AvgIpc) is 3.11. The summed E-state index contributed by atoms with van der Waals surface area (Å²) >= 11 is 0. The molecule has 0 saturated carbocycles. The van der Waals surface area contributed by atoms with Crippen molar-refractivity contribution < 1.29 is 29.0 Å². The Morgan fingerprint density at radius 2 is 1.88 bits per heavy atom. The first-order chi connectivity index (χ1) is 14.9. The van der Waals surface area contributed by atoms with E-state index in [0.29, 0.717) is 22.9 Å². The highest BCUT2D eigenvalue weighted by Gasteiger charge is 2.17. The summed E-state index contributed by atoms with van der Waals surface area (Å²) in [5.41, 5.74) is 6.58. The van der Waals surface area contributed by atoms with Crippen LogP contribution in [0.4, 0.5) is 4.79 Å². The van der Waals surface area contributed by atoms with Gasteiger partial charge in [0.15, 0.2) is 0 Å². The van der Waals surface area contributed by atoms with Gasteiger partial charge in [-0.2, -0.15) is 4.99 Å². The van der Waals surface area contributed by atoms with Crippen LogP contribution in [0.3, 0.4) is 0 Å². The number of H-pyrrole nitrogens is 1. The number of ether oxygens (including phenoxy) is 1. The van der Waals surface area contributed by atoms with Gasteiger partial charge in [-0.3, -0.25) is 14.4 Å². The van der Waals surface area contributed by atoms with Crippen LogP contribution < -0.4 is 16.4 Å². The number of carboxylic acid groups (broad SMARTS) is 1. The predicted molar refractivity (Wildman–Crippen MR) is 117 cm³/mol. The number of nitrogens with one attached hydrogen (secondary N) is 3. The van der Waals surface area contributed by atoms with Crippen molar-refractivity contribution in [3.05, 3.63) is 35.5 Å². The van der Waals surface area contributed by atoms with Crippen LogP contribution in [-0.2, 0) is 14.3 Å². The van der Waals surface area contributed by atoms with Crippen LogP contribution in [0, 0.1) is 0 Å². The van der Waals surface area contributed by atoms with Gasteiger partial charge in [-0.05, 0) is 51.5 Å². The molecule has 0 aliphatic heterocycles. The third-order valence-corrected chi connectivity index (χ3v) is 4.07. The number of fused-ring (bicyclic) bond motifs is 1. The van der Waals surface area contributed by atoms with Crippen molar-refractivity contribution in [3.63, 3.8) is 0 Å². The number of nitrogens with two attached hydrogens (primary N) is 1. The van der Waals surface area contributed by atoms with E-state index in [1.807, 2.05) is 0 Å². The number of hydrogen-bond donors (Lipinski definition) is 5. The van der Waals surface area contributed by atoms with Crippen LogP contribution in [0.1, 0.15) is 49.7 Å². The van der Waals surface area contributed by atoms with Gasteiger partial charge in [0.05, 0.1) is 6.54 Å². The molecule has 32 heavy (non-hydrogen) atoms. The first-order valence-corrected chi connectivity index (χ1v) is 9.91. The standard InChI is InChI=1S/C21H27N5O6/c1-21(2,3)32-20(31)26-18(22)12-6-7-14-13(9-12)10-15(25-14)19(30)24-11-16(27)23-8-4-5-17(28)29/h6-7,9-10,25H,4-5,8,11H2,1-3H3,(H,23,27)(H,24,30)(H,28,29)(H2,22,26,31). The normalized spacial score (nSPS) is 11.8. The minimum Gasteiger partial charge on any atom is -0.481 e. The Morgan fingerprint density at radius 1 is 1.16 bits per heavy atom. The van der Waals surface area contributed by atoms with E-state index < -0.39 is 29.5 Å². The lowest BCUT2D eigenvalue weighted by molar-refractivity contribution is -0.137. The van der Waals surface area contributed by atoms with Crippen molar-refractivity contribution in [2.45, 2.75) is 39.2 Å². The van der Waals surface area contributed by atoms with E-state index in [0.717, 1.165) is 0 Å². The molecule has 0 saturated heterocycles. The predicted octanol–water partition coefficient (Wildman–Crippen LogP) is 1.52. The Balaban J connectivity index is 1.98. The number of amidine groups is 1. The highest BCUT2D eigenvalue weighted by atomic mass is 16.6. The van der Waals surface area contributed by atoms with Gasteiger partial charge in [0.25, 0.3) is 5.91 Å². The summed E-state index contributed by atoms with van der Waals surface area (Å²) in [5, 5.41) is 14.2. The van der Waals surface area contributed by atoms with E-state index in [-0.39, 0.29) is 31.0 Å². The summed E-state index contributed by atoms with van der Waals surface area (Å²) in [5.74, 6) is -1.87. The zero-order valence-electron chi connectivity index (χ0n) is 18.2. The van der Waals surface area contributed by atoms with Crippen molar-refractivity contribution in [3.8, 4) is 0 Å². The second-order valence-corrected chi connectivity index (χ2v) is 7.99. The molecule has 3 amide bonds. The lowest BCUT2D eigenvalue weighted by Gasteiger charge is -2.17. The monoisotopic (exact) mass is 445 g/mol. The molecule has 2 rings (SSSR count). The van der Waals surface area contributed by atoms with E-state index in [1.54, 1.807) is 45.0 Å². The molecule has 0 bridgehead atoms. The molecule has 172 valence electrons. The Labute approximate surface area is 184 Å². The summed E-state index contributed by atoms with van der Waals surface area (Å²) < 4.78 is 5.12. The summed E-state index contributed by atoms with van der Waals surface area (Å²) in [6.45, 7) is 5.12. The number of carbonyl (C=O) groups excluding carboxylic acids is 3. The largest absolute Gasteiger partial charge is 0.481 e. The molecule has 0 atom stereocenters. The number of hydrogen-bond acceptors (Lipinski definition) is 5. The number of aromatic amines is 1. The number of rotatable bonds is 8. The number of amides is 3. The van der Waals surface area contributed by atoms with Crippen LogP contribution in [-0.4, -0.2) is 58.5 Å². The lowest BCUT2D eigenvalue weighted by atomic mass is 10.1. The van der Waals surface area contributed by atoms with Crippen LogP contribution >= 0.6 is 0 Å². The van der Waals surface area contributed by atoms with Crippen molar-refractivity contribution >= 4 is 40.6 Å². The van der Waals surface area contributed by atoms with E-state index >= 15 is 0 Å². The highest BCUT2D eigenvalue weighted by Crippen LogP contribution is 2.18. The number of aliphatic carboxylic acids is 1. The lowest BCUT2D eigenvalue weighted by Crippen LogP contribution is -2.37. The fourth-order valence-electron chi connectivity index (χ4n) is 2.65. The summed E-state index contributed by atoms with van der Waals surface area (Å²) in [6, 6.07) is 6.59. The molecular formula is C21H27N5O6. The summed E-state index contributed by atoms with van der Waals surface area (Å²) in [7, 11) is 0. The Morgan fingerprint density at radius 3 is 2.53 bits per heavy atom. The first kappa shape index (κ1) is 24.4. The minimum atomic E-state index is -0.938. The molecular weight excluding hydrogens is 418 g/mol. The third kappa shape index (κ3) is 7.74. The summed E-state index contributed by atoms with van der Waals surface area (Å²) in [6.07, 6.45) is -0.540. The van der Waals surface area contributed by atoms with Crippen LogP contribution in [0.15, 0.2) is 29.3 Å². The zero-order chi connectivity index (χ0) is 23.9. The quantitative estimate of drug-likeness (QED) is 0.232. The molecule has 1 heterocycles. The molecule has 0 unspecified atom stereocenters. The molecule has 11 heteroatoms. The molecule has 0 radical (unpaired) electrons. The molecule has 11 nitrogen and oxygen atoms in total. The van der Waals surface area contributed by atoms with E-state index in [4.69, 9.17) is 15.6 Å². The number of benzene rings is 1. The van der Waals surface area contributed by atoms with Crippen molar-refractivity contribution in [1.82, 2.24) is 15.6 Å². The summed E-state index contributed by atoms with van der Waals surface area (Å²) in [4.78, 5) is 53.0. The molecule has 1 aromatic heterocycles. The Hall–Kier alpha value is -3.89. The van der Waals surface area contributed by atoms with Gasteiger partial charge in [0.1, 0.15) is 17.1 Å². The Kier molecular flexibility index (Phi) is 7.94. The van der Waals surface area contributed by atoms with Crippen LogP contribution in [0.2, 0.25) is 0 Å². The van der Waals surface area contributed by atoms with Gasteiger partial charge < -0.3 is 31.2 Å². The van der Waals surface area contributed by atoms with Gasteiger partial charge in [-0.25, -0.2) is 4.79 Å². The number of aromatic nitrogens is 1. The minimum absolute atomic E-state index is 0.0204. The van der Waals surface area contributed by atoms with E-state index in [2.05, 4.69) is 20.6 Å². The highest BCUT2D eigenvalue weighted by molar-refractivity contribution is 6.06. The van der Waals surface area contributed by atoms with Crippen LogP contribution in [0.25, 0.3) is 10.9 Å². The van der Waals surface area contributed by atoms with Crippen LogP contribution in [0.5, 0.6) is 0 Å². The second kappa shape index (κ2) is 10.4. The van der Waals surface area contributed by atoms with Gasteiger partial charge in [0.2, 0.25) is 5.91 Å². The number of aliphatic imine (C=N–C) groups is 1. The SMILES string of the molecule is CC(C)(C)OC(=O)/N=C(\N)c1ccc2[nH]c(C(=O)NCC(=O)NCCCC(=O)O)cc2c1. The number of carboxylic acids is 1. The number of nitrogens with zero attached hydrogens (tertiary/aromatic N) is 1. The van der Waals surface area contributed by atoms with Crippen molar-refractivity contribution in [2.75, 3.05) is 13.1 Å². The maximum atomic E-state index is 12.3. The Bertz CT molecular complexity index is 1050. The molecule has 1 aromatic carbocycles. The van der Waals surface area contributed by atoms with Gasteiger partial charge in [-0.1, -0.05) is 0 Å². The topological polar surface area (TPSA) is 176 Å². The van der Waals surface area contributed by atoms with E-state index in [9.17, 15) is 19.2 Å². The first-order valence-electron chi connectivity index (χ1n) is 9.91. The average molecular weight is 445 g/mol. The molecule has 0 fully saturated rings. The maximum absolute atomic E-state index is 12.3. The van der Waals surface area contributed by atoms with Gasteiger partial charge in [-0.15, -0.1) is 0 Å². The molecule has 2 aromatic rings. The van der Waals surface area contributed by atoms with Gasteiger partial charge >= 0.3 is 12.1 Å². The van der Waals surface area contributed by atoms with Gasteiger partial charge in [0, 0.05) is 29.4 Å². The third-order valence-electron chi connectivity index (χ3n) is 4.07. The number of carbonyl (C=O) groups is 4. The molecule has 0 aliphatic carbocycles. The van der Waals surface area contributed by atoms with E-state index in [1.165, 1.54) is 0 Å². The zero-order valence-corrected chi connectivity index (χ0v) is 18.2. The second-order valence-electron chi connectivity index (χ2n) is 7.99. The fourth-order valence-corrected chi connectivity index (χ4v) is 2.65. The fraction of sp³-hybridized carbons (Fsp3) is 0.381. The molecule has 6 N–H and O–H groups in total. The van der Waals surface area contributed by atoms with Crippen molar-refractivity contribution in [2.24, 2.45) is 10.7 Å². The maximum Gasteiger partial charge on any atom is 0.436 e. The smallest absolute Gasteiger partial charge is 0.436 e. The molecule has 0 aliphatic rings. The van der Waals surface area contributed by atoms with Crippen molar-refractivity contribution in [1.29, 1.82) is 0 Å². The molecule has 0 spiro atoms.